The lowest BCUT2D eigenvalue weighted by Crippen LogP contribution is -2.42. The maximum Gasteiger partial charge on any atom is 0.341 e. The summed E-state index contributed by atoms with van der Waals surface area (Å²) in [5.41, 5.74) is 0.642. The summed E-state index contributed by atoms with van der Waals surface area (Å²) in [5.74, 6) is -1.40. The molecule has 166 valence electrons. The number of carboxylic acid groups (broad SMARTS) is 1. The monoisotopic (exact) mass is 622 g/mol. The Kier molecular flexibility index (Phi) is 8.39. The number of amides is 3. The minimum atomic E-state index is -1.09. The van der Waals surface area contributed by atoms with Gasteiger partial charge in [0.2, 0.25) is 5.91 Å². The Hall–Kier alpha value is -1.60. The van der Waals surface area contributed by atoms with Crippen LogP contribution in [0, 0.1) is 3.57 Å². The molecule has 0 aliphatic carbocycles. The van der Waals surface area contributed by atoms with Gasteiger partial charge in [-0.2, -0.15) is 0 Å². The predicted molar refractivity (Wildman–Crippen MR) is 128 cm³/mol. The highest BCUT2D eigenvalue weighted by atomic mass is 127. The smallest absolute Gasteiger partial charge is 0.341 e. The number of carbonyl (C=O) groups is 4. The second-order valence-corrected chi connectivity index (χ2v) is 10.1. The zero-order valence-corrected chi connectivity index (χ0v) is 21.0. The normalized spacial score (nSPS) is 18.5. The van der Waals surface area contributed by atoms with Crippen molar-refractivity contribution in [2.75, 3.05) is 26.2 Å². The molecule has 0 bridgehead atoms. The van der Waals surface area contributed by atoms with Crippen LogP contribution in [-0.4, -0.2) is 64.2 Å². The summed E-state index contributed by atoms with van der Waals surface area (Å²) in [6, 6.07) is 3.40. The first kappa shape index (κ1) is 24.1. The number of halogens is 2. The van der Waals surface area contributed by atoms with E-state index in [1.165, 1.54) is 0 Å². The number of imide groups is 1. The number of hydrogen-bond donors (Lipinski definition) is 1. The van der Waals surface area contributed by atoms with E-state index in [4.69, 9.17) is 9.84 Å². The molecule has 2 saturated heterocycles. The molecule has 2 aliphatic rings. The first-order chi connectivity index (χ1) is 14.8. The number of carboxylic acids is 1. The SMILES string of the molecule is O=C(O)COc1c(Br)cc(C=C2SC(=O)N(CC(=O)N3CCCCCC3)C2=O)cc1I. The van der Waals surface area contributed by atoms with E-state index in [9.17, 15) is 19.2 Å². The molecule has 2 fully saturated rings. The fourth-order valence-electron chi connectivity index (χ4n) is 3.28. The van der Waals surface area contributed by atoms with E-state index in [1.807, 2.05) is 22.6 Å². The average Bonchev–Trinajstić information content (AvgIpc) is 2.90. The van der Waals surface area contributed by atoms with Crippen LogP contribution in [0.2, 0.25) is 0 Å². The van der Waals surface area contributed by atoms with Gasteiger partial charge in [0, 0.05) is 13.1 Å². The quantitative estimate of drug-likeness (QED) is 0.378. The van der Waals surface area contributed by atoms with E-state index in [1.54, 1.807) is 23.1 Å². The first-order valence-electron chi connectivity index (χ1n) is 9.63. The number of rotatable bonds is 6. The molecule has 31 heavy (non-hydrogen) atoms. The van der Waals surface area contributed by atoms with Crippen molar-refractivity contribution in [2.24, 2.45) is 0 Å². The van der Waals surface area contributed by atoms with Crippen LogP contribution < -0.4 is 4.74 Å². The molecule has 0 radical (unpaired) electrons. The number of benzene rings is 1. The van der Waals surface area contributed by atoms with Crippen molar-refractivity contribution < 1.29 is 29.0 Å². The molecule has 2 heterocycles. The lowest BCUT2D eigenvalue weighted by atomic mass is 10.2. The van der Waals surface area contributed by atoms with Gasteiger partial charge < -0.3 is 14.7 Å². The summed E-state index contributed by atoms with van der Waals surface area (Å²) in [5, 5.41) is 8.32. The molecule has 0 unspecified atom stereocenters. The van der Waals surface area contributed by atoms with Crippen LogP contribution in [0.15, 0.2) is 21.5 Å². The number of ether oxygens (including phenoxy) is 1. The molecule has 1 N–H and O–H groups in total. The largest absolute Gasteiger partial charge is 0.480 e. The van der Waals surface area contributed by atoms with Gasteiger partial charge in [0.15, 0.2) is 6.61 Å². The molecule has 8 nitrogen and oxygen atoms in total. The van der Waals surface area contributed by atoms with Gasteiger partial charge in [0.25, 0.3) is 11.1 Å². The molecular formula is C20H20BrIN2O6S. The van der Waals surface area contributed by atoms with E-state index >= 15 is 0 Å². The van der Waals surface area contributed by atoms with E-state index in [2.05, 4.69) is 15.9 Å². The molecular weight excluding hydrogens is 603 g/mol. The molecule has 11 heteroatoms. The number of nitrogens with zero attached hydrogens (tertiary/aromatic N) is 2. The number of hydrogen-bond acceptors (Lipinski definition) is 6. The third kappa shape index (κ3) is 6.22. The first-order valence-corrected chi connectivity index (χ1v) is 12.3. The standard InChI is InChI=1S/C20H20BrIN2O6S/c21-13-7-12(8-14(22)18(13)30-11-17(26)27)9-15-19(28)24(20(29)31-15)10-16(25)23-5-3-1-2-4-6-23/h7-9H,1-6,10-11H2,(H,26,27). The Morgan fingerprint density at radius 2 is 1.87 bits per heavy atom. The molecule has 0 saturated carbocycles. The van der Waals surface area contributed by atoms with Crippen LogP contribution in [0.25, 0.3) is 6.08 Å². The number of likely N-dealkylation sites (tertiary alicyclic amines) is 1. The van der Waals surface area contributed by atoms with Crippen molar-refractivity contribution >= 4 is 79.4 Å². The summed E-state index contributed by atoms with van der Waals surface area (Å²) >= 11 is 6.15. The highest BCUT2D eigenvalue weighted by molar-refractivity contribution is 14.1. The predicted octanol–water partition coefficient (Wildman–Crippen LogP) is 3.96. The van der Waals surface area contributed by atoms with Crippen LogP contribution in [0.1, 0.15) is 31.2 Å². The van der Waals surface area contributed by atoms with Crippen molar-refractivity contribution in [1.82, 2.24) is 9.80 Å². The Morgan fingerprint density at radius 1 is 1.19 bits per heavy atom. The summed E-state index contributed by atoms with van der Waals surface area (Å²) in [4.78, 5) is 51.4. The second kappa shape index (κ2) is 10.8. The topological polar surface area (TPSA) is 104 Å². The summed E-state index contributed by atoms with van der Waals surface area (Å²) in [6.07, 6.45) is 5.63. The van der Waals surface area contributed by atoms with E-state index in [0.717, 1.165) is 42.3 Å². The molecule has 3 rings (SSSR count). The van der Waals surface area contributed by atoms with E-state index in [0.29, 0.717) is 32.4 Å². The van der Waals surface area contributed by atoms with Crippen LogP contribution in [0.4, 0.5) is 4.79 Å². The van der Waals surface area contributed by atoms with Gasteiger partial charge in [-0.15, -0.1) is 0 Å². The lowest BCUT2D eigenvalue weighted by Gasteiger charge is -2.22. The molecule has 0 atom stereocenters. The Morgan fingerprint density at radius 3 is 2.48 bits per heavy atom. The minimum absolute atomic E-state index is 0.206. The van der Waals surface area contributed by atoms with Crippen molar-refractivity contribution in [2.45, 2.75) is 25.7 Å². The van der Waals surface area contributed by atoms with Gasteiger partial charge in [0.1, 0.15) is 12.3 Å². The van der Waals surface area contributed by atoms with E-state index < -0.39 is 23.7 Å². The zero-order chi connectivity index (χ0) is 22.5. The molecule has 1 aromatic rings. The van der Waals surface area contributed by atoms with Crippen molar-refractivity contribution in [1.29, 1.82) is 0 Å². The van der Waals surface area contributed by atoms with Gasteiger partial charge >= 0.3 is 5.97 Å². The van der Waals surface area contributed by atoms with Gasteiger partial charge in [0.05, 0.1) is 12.9 Å². The summed E-state index contributed by atoms with van der Waals surface area (Å²) in [6.45, 7) is 0.602. The summed E-state index contributed by atoms with van der Waals surface area (Å²) < 4.78 is 6.45. The Bertz CT molecular complexity index is 923. The van der Waals surface area contributed by atoms with Crippen molar-refractivity contribution in [3.8, 4) is 5.75 Å². The van der Waals surface area contributed by atoms with Crippen LogP contribution in [0.3, 0.4) is 0 Å². The second-order valence-electron chi connectivity index (χ2n) is 7.06. The fourth-order valence-corrected chi connectivity index (χ4v) is 5.88. The molecule has 0 spiro atoms. The number of carbonyl (C=O) groups excluding carboxylic acids is 3. The van der Waals surface area contributed by atoms with Gasteiger partial charge in [-0.05, 0) is 86.9 Å². The third-order valence-electron chi connectivity index (χ3n) is 4.78. The Labute approximate surface area is 205 Å². The van der Waals surface area contributed by atoms with Gasteiger partial charge in [-0.3, -0.25) is 19.3 Å². The third-order valence-corrected chi connectivity index (χ3v) is 7.08. The van der Waals surface area contributed by atoms with Crippen LogP contribution in [0.5, 0.6) is 5.75 Å². The highest BCUT2D eigenvalue weighted by Gasteiger charge is 2.37. The molecule has 1 aromatic carbocycles. The average molecular weight is 623 g/mol. The highest BCUT2D eigenvalue weighted by Crippen LogP contribution is 2.36. The number of aliphatic carboxylic acids is 1. The Balaban J connectivity index is 1.72. The minimum Gasteiger partial charge on any atom is -0.480 e. The number of thioether (sulfide) groups is 1. The van der Waals surface area contributed by atoms with Crippen LogP contribution in [-0.2, 0) is 14.4 Å². The van der Waals surface area contributed by atoms with Gasteiger partial charge in [-0.25, -0.2) is 4.79 Å². The molecule has 3 amide bonds. The maximum absolute atomic E-state index is 12.8. The van der Waals surface area contributed by atoms with Gasteiger partial charge in [-0.1, -0.05) is 12.8 Å². The zero-order valence-electron chi connectivity index (χ0n) is 16.4. The van der Waals surface area contributed by atoms with Crippen molar-refractivity contribution in [3.63, 3.8) is 0 Å². The fraction of sp³-hybridized carbons (Fsp3) is 0.400. The maximum atomic E-state index is 12.8. The van der Waals surface area contributed by atoms with E-state index in [-0.39, 0.29) is 17.4 Å². The lowest BCUT2D eigenvalue weighted by molar-refractivity contribution is -0.139. The van der Waals surface area contributed by atoms with Crippen LogP contribution >= 0.6 is 50.3 Å². The van der Waals surface area contributed by atoms with Crippen molar-refractivity contribution in [3.05, 3.63) is 30.6 Å². The molecule has 0 aromatic heterocycles. The summed E-state index contributed by atoms with van der Waals surface area (Å²) in [7, 11) is 0. The molecule has 2 aliphatic heterocycles.